The summed E-state index contributed by atoms with van der Waals surface area (Å²) < 4.78 is 13.2. The van der Waals surface area contributed by atoms with E-state index in [1.807, 2.05) is 51.1 Å². The first-order chi connectivity index (χ1) is 15.3. The van der Waals surface area contributed by atoms with Crippen LogP contribution < -0.4 is 15.8 Å². The Hall–Kier alpha value is -2.99. The smallest absolute Gasteiger partial charge is 0.411 e. The number of nitrogens with two attached hydrogens (primary N) is 1. The van der Waals surface area contributed by atoms with Gasteiger partial charge in [0, 0.05) is 29.2 Å². The van der Waals surface area contributed by atoms with Crippen molar-refractivity contribution < 1.29 is 14.3 Å². The largest absolute Gasteiger partial charge is 0.497 e. The number of anilines is 1. The summed E-state index contributed by atoms with van der Waals surface area (Å²) in [6, 6.07) is 14.6. The van der Waals surface area contributed by atoms with Crippen LogP contribution in [-0.2, 0) is 11.3 Å². The van der Waals surface area contributed by atoms with Gasteiger partial charge in [0.05, 0.1) is 19.4 Å². The average Bonchev–Trinajstić information content (AvgIpc) is 3.04. The second kappa shape index (κ2) is 8.87. The lowest BCUT2D eigenvalue weighted by molar-refractivity contribution is 0.118. The lowest BCUT2D eigenvalue weighted by Crippen LogP contribution is -2.21. The fourth-order valence-corrected chi connectivity index (χ4v) is 4.18. The molecule has 0 radical (unpaired) electrons. The molecule has 1 heterocycles. The predicted molar refractivity (Wildman–Crippen MR) is 129 cm³/mol. The Morgan fingerprint density at radius 2 is 1.88 bits per heavy atom. The number of benzene rings is 2. The van der Waals surface area contributed by atoms with Gasteiger partial charge in [0.1, 0.15) is 5.75 Å². The summed E-state index contributed by atoms with van der Waals surface area (Å²) in [7, 11) is 1.69. The summed E-state index contributed by atoms with van der Waals surface area (Å²) in [6.07, 6.45) is 3.15. The maximum Gasteiger partial charge on any atom is 0.411 e. The Morgan fingerprint density at radius 3 is 2.44 bits per heavy atom. The number of nitrogens with one attached hydrogen (secondary N) is 1. The molecular weight excluding hydrogens is 402 g/mol. The normalized spacial score (nSPS) is 14.3. The fraction of sp³-hybridized carbons (Fsp3) is 0.423. The molecule has 1 saturated carbocycles. The van der Waals surface area contributed by atoms with Crippen molar-refractivity contribution in [2.75, 3.05) is 19.0 Å². The number of carbonyl (C=O) groups excluding carboxylic acids is 1. The van der Waals surface area contributed by atoms with E-state index in [0.29, 0.717) is 24.9 Å². The lowest BCUT2D eigenvalue weighted by atomic mass is 9.92. The molecule has 170 valence electrons. The van der Waals surface area contributed by atoms with E-state index in [1.54, 1.807) is 7.11 Å². The van der Waals surface area contributed by atoms with Crippen LogP contribution in [0.1, 0.15) is 51.6 Å². The van der Waals surface area contributed by atoms with Gasteiger partial charge in [-0.2, -0.15) is 0 Å². The van der Waals surface area contributed by atoms with E-state index in [1.165, 1.54) is 24.8 Å². The van der Waals surface area contributed by atoms with Gasteiger partial charge in [-0.1, -0.05) is 32.9 Å². The molecule has 3 N–H and O–H groups in total. The average molecular weight is 436 g/mol. The molecule has 0 aliphatic heterocycles. The minimum atomic E-state index is -0.439. The van der Waals surface area contributed by atoms with Crippen LogP contribution in [0, 0.1) is 5.41 Å². The van der Waals surface area contributed by atoms with Gasteiger partial charge in [0.15, 0.2) is 0 Å². The molecule has 0 spiro atoms. The molecule has 0 saturated heterocycles. The number of carbonyl (C=O) groups is 1. The monoisotopic (exact) mass is 435 g/mol. The quantitative estimate of drug-likeness (QED) is 0.491. The van der Waals surface area contributed by atoms with Crippen LogP contribution in [0.4, 0.5) is 10.5 Å². The Bertz CT molecular complexity index is 1110. The summed E-state index contributed by atoms with van der Waals surface area (Å²) in [5.41, 5.74) is 11.4. The van der Waals surface area contributed by atoms with E-state index in [9.17, 15) is 4.79 Å². The number of rotatable bonds is 6. The van der Waals surface area contributed by atoms with Gasteiger partial charge in [0.25, 0.3) is 0 Å². The van der Waals surface area contributed by atoms with Gasteiger partial charge in [-0.15, -0.1) is 0 Å². The Balaban J connectivity index is 1.67. The van der Waals surface area contributed by atoms with Crippen LogP contribution in [-0.4, -0.2) is 24.4 Å². The van der Waals surface area contributed by atoms with E-state index < -0.39 is 6.09 Å². The molecule has 4 rings (SSSR count). The topological polar surface area (TPSA) is 78.5 Å². The van der Waals surface area contributed by atoms with Crippen LogP contribution >= 0.6 is 0 Å². The van der Waals surface area contributed by atoms with Gasteiger partial charge in [-0.3, -0.25) is 5.32 Å². The summed E-state index contributed by atoms with van der Waals surface area (Å²) in [5.74, 6) is 0.831. The van der Waals surface area contributed by atoms with Crippen molar-refractivity contribution in [3.8, 4) is 17.0 Å². The first kappa shape index (κ1) is 22.2. The van der Waals surface area contributed by atoms with E-state index in [-0.39, 0.29) is 5.41 Å². The van der Waals surface area contributed by atoms with Crippen LogP contribution in [0.25, 0.3) is 22.2 Å². The number of methoxy groups -OCH3 is 1. The van der Waals surface area contributed by atoms with Crippen molar-refractivity contribution in [3.63, 3.8) is 0 Å². The third-order valence-corrected chi connectivity index (χ3v) is 6.00. The first-order valence-corrected chi connectivity index (χ1v) is 11.3. The maximum absolute atomic E-state index is 12.1. The molecule has 1 fully saturated rings. The highest BCUT2D eigenvalue weighted by atomic mass is 16.5. The molecule has 1 aliphatic carbocycles. The number of nitrogens with zero attached hydrogens (tertiary/aromatic N) is 1. The van der Waals surface area contributed by atoms with E-state index >= 15 is 0 Å². The van der Waals surface area contributed by atoms with E-state index in [0.717, 1.165) is 28.0 Å². The standard InChI is InChI=1S/C26H33N3O3/c1-26(2,3)16-32-25(30)28-18-10-8-17(9-11-18)24-22(15-27)21-14-20(31-4)12-13-23(21)29(24)19-6-5-7-19/h8-14,19H,5-7,15-16,27H2,1-4H3,(H,28,30). The van der Waals surface area contributed by atoms with Crippen molar-refractivity contribution >= 4 is 22.7 Å². The Morgan fingerprint density at radius 1 is 1.16 bits per heavy atom. The van der Waals surface area contributed by atoms with Crippen molar-refractivity contribution in [3.05, 3.63) is 48.0 Å². The van der Waals surface area contributed by atoms with Gasteiger partial charge in [0.2, 0.25) is 0 Å². The molecule has 0 bridgehead atoms. The second-order valence-corrected chi connectivity index (χ2v) is 9.71. The highest BCUT2D eigenvalue weighted by molar-refractivity contribution is 5.93. The minimum absolute atomic E-state index is 0.0720. The SMILES string of the molecule is COc1ccc2c(c1)c(CN)c(-c1ccc(NC(=O)OCC(C)(C)C)cc1)n2C1CCC1. The Labute approximate surface area is 189 Å². The summed E-state index contributed by atoms with van der Waals surface area (Å²) in [4.78, 5) is 12.1. The summed E-state index contributed by atoms with van der Waals surface area (Å²) >= 11 is 0. The molecule has 0 atom stereocenters. The zero-order chi connectivity index (χ0) is 22.9. The van der Waals surface area contributed by atoms with Crippen LogP contribution in [0.2, 0.25) is 0 Å². The van der Waals surface area contributed by atoms with Crippen molar-refractivity contribution in [2.24, 2.45) is 11.1 Å². The molecule has 1 aromatic heterocycles. The molecule has 2 aromatic carbocycles. The number of aromatic nitrogens is 1. The van der Waals surface area contributed by atoms with Crippen molar-refractivity contribution in [1.29, 1.82) is 0 Å². The summed E-state index contributed by atoms with van der Waals surface area (Å²) in [6.45, 7) is 6.89. The van der Waals surface area contributed by atoms with E-state index in [4.69, 9.17) is 15.2 Å². The number of amides is 1. The second-order valence-electron chi connectivity index (χ2n) is 9.71. The van der Waals surface area contributed by atoms with Gasteiger partial charge >= 0.3 is 6.09 Å². The Kier molecular flexibility index (Phi) is 6.15. The maximum atomic E-state index is 12.1. The molecule has 1 amide bonds. The van der Waals surface area contributed by atoms with Crippen LogP contribution in [0.3, 0.4) is 0 Å². The molecule has 3 aromatic rings. The van der Waals surface area contributed by atoms with Gasteiger partial charge < -0.3 is 19.8 Å². The van der Waals surface area contributed by atoms with Crippen molar-refractivity contribution in [2.45, 2.75) is 52.6 Å². The number of hydrogen-bond donors (Lipinski definition) is 2. The molecule has 6 nitrogen and oxygen atoms in total. The third kappa shape index (κ3) is 4.46. The van der Waals surface area contributed by atoms with E-state index in [2.05, 4.69) is 22.0 Å². The van der Waals surface area contributed by atoms with Crippen LogP contribution in [0.15, 0.2) is 42.5 Å². The molecule has 6 heteroatoms. The minimum Gasteiger partial charge on any atom is -0.497 e. The molecule has 1 aliphatic rings. The zero-order valence-electron chi connectivity index (χ0n) is 19.4. The van der Waals surface area contributed by atoms with Gasteiger partial charge in [-0.05, 0) is 66.1 Å². The fourth-order valence-electron chi connectivity index (χ4n) is 4.18. The molecular formula is C26H33N3O3. The molecule has 0 unspecified atom stereocenters. The highest BCUT2D eigenvalue weighted by Gasteiger charge is 2.27. The zero-order valence-corrected chi connectivity index (χ0v) is 19.4. The van der Waals surface area contributed by atoms with Crippen LogP contribution in [0.5, 0.6) is 5.75 Å². The predicted octanol–water partition coefficient (Wildman–Crippen LogP) is 6.10. The van der Waals surface area contributed by atoms with Crippen molar-refractivity contribution in [1.82, 2.24) is 4.57 Å². The van der Waals surface area contributed by atoms with Gasteiger partial charge in [-0.25, -0.2) is 4.79 Å². The number of hydrogen-bond acceptors (Lipinski definition) is 4. The number of fused-ring (bicyclic) bond motifs is 1. The third-order valence-electron chi connectivity index (χ3n) is 6.00. The molecule has 32 heavy (non-hydrogen) atoms. The lowest BCUT2D eigenvalue weighted by Gasteiger charge is -2.30. The first-order valence-electron chi connectivity index (χ1n) is 11.3. The number of ether oxygens (including phenoxy) is 2. The highest BCUT2D eigenvalue weighted by Crippen LogP contribution is 2.43. The summed E-state index contributed by atoms with van der Waals surface area (Å²) in [5, 5.41) is 3.95.